The highest BCUT2D eigenvalue weighted by Crippen LogP contribution is 2.37. The number of nitrogens with zero attached hydrogens (tertiary/aromatic N) is 1. The minimum Gasteiger partial charge on any atom is -0.324 e. The molecule has 4 nitrogen and oxygen atoms in total. The number of benzene rings is 2. The number of rotatable bonds is 3. The quantitative estimate of drug-likeness (QED) is 0.916. The van der Waals surface area contributed by atoms with E-state index in [0.29, 0.717) is 17.1 Å². The molecule has 5 heteroatoms. The molecule has 1 atom stereocenters. The van der Waals surface area contributed by atoms with Crippen molar-refractivity contribution in [3.05, 3.63) is 64.7 Å². The first-order chi connectivity index (χ1) is 11.6. The van der Waals surface area contributed by atoms with E-state index in [4.69, 9.17) is 11.6 Å². The summed E-state index contributed by atoms with van der Waals surface area (Å²) in [6, 6.07) is 14.9. The molecule has 0 saturated carbocycles. The molecular weight excluding hydrogens is 324 g/mol. The first kappa shape index (κ1) is 16.5. The Kier molecular flexibility index (Phi) is 4.86. The molecule has 3 rings (SSSR count). The van der Waals surface area contributed by atoms with Crippen molar-refractivity contribution < 1.29 is 9.59 Å². The summed E-state index contributed by atoms with van der Waals surface area (Å²) in [6.45, 7) is 1.99. The third-order valence-corrected chi connectivity index (χ3v) is 4.34. The van der Waals surface area contributed by atoms with Crippen LogP contribution in [0.3, 0.4) is 0 Å². The van der Waals surface area contributed by atoms with E-state index in [1.54, 1.807) is 17.0 Å². The Morgan fingerprint density at radius 1 is 1.25 bits per heavy atom. The number of anilines is 1. The van der Waals surface area contributed by atoms with Crippen LogP contribution in [-0.4, -0.2) is 23.3 Å². The van der Waals surface area contributed by atoms with Crippen molar-refractivity contribution in [2.45, 2.75) is 25.8 Å². The van der Waals surface area contributed by atoms with Crippen LogP contribution < -0.4 is 5.32 Å². The van der Waals surface area contributed by atoms with Crippen molar-refractivity contribution in [3.63, 3.8) is 0 Å². The molecule has 2 aromatic carbocycles. The van der Waals surface area contributed by atoms with Gasteiger partial charge in [-0.3, -0.25) is 9.59 Å². The highest BCUT2D eigenvalue weighted by Gasteiger charge is 2.32. The lowest BCUT2D eigenvalue weighted by molar-refractivity contribution is -0.136. The molecule has 0 bridgehead atoms. The lowest BCUT2D eigenvalue weighted by Gasteiger charge is -2.30. The number of fused-ring (bicyclic) bond motifs is 1. The van der Waals surface area contributed by atoms with Crippen molar-refractivity contribution in [1.82, 2.24) is 4.90 Å². The van der Waals surface area contributed by atoms with Crippen LogP contribution in [0.25, 0.3) is 0 Å². The predicted molar refractivity (Wildman–Crippen MR) is 95.0 cm³/mol. The van der Waals surface area contributed by atoms with Crippen LogP contribution in [0.2, 0.25) is 5.02 Å². The summed E-state index contributed by atoms with van der Waals surface area (Å²) in [5.41, 5.74) is 2.51. The van der Waals surface area contributed by atoms with E-state index in [-0.39, 0.29) is 24.4 Å². The largest absolute Gasteiger partial charge is 0.324 e. The smallest absolute Gasteiger partial charge is 0.244 e. The van der Waals surface area contributed by atoms with Gasteiger partial charge in [-0.05, 0) is 24.1 Å². The Morgan fingerprint density at radius 3 is 2.71 bits per heavy atom. The highest BCUT2D eigenvalue weighted by molar-refractivity contribution is 6.31. The molecule has 0 saturated heterocycles. The molecule has 1 N–H and O–H groups in total. The SMILES string of the molecule is CCCC(=O)N1CC(=O)Nc2cc(Cl)ccc2[C@H]1c1ccccc1. The maximum Gasteiger partial charge on any atom is 0.244 e. The Morgan fingerprint density at radius 2 is 2.00 bits per heavy atom. The minimum atomic E-state index is -0.309. The van der Waals surface area contributed by atoms with Crippen LogP contribution in [0.15, 0.2) is 48.5 Å². The number of amides is 2. The molecule has 0 aliphatic carbocycles. The Balaban J connectivity index is 2.16. The molecule has 0 radical (unpaired) electrons. The third-order valence-electron chi connectivity index (χ3n) is 4.11. The number of carbonyl (C=O) groups is 2. The van der Waals surface area contributed by atoms with Gasteiger partial charge in [0.25, 0.3) is 0 Å². The monoisotopic (exact) mass is 342 g/mol. The molecule has 0 fully saturated rings. The van der Waals surface area contributed by atoms with Crippen LogP contribution in [0.1, 0.15) is 36.9 Å². The maximum atomic E-state index is 12.7. The van der Waals surface area contributed by atoms with Gasteiger partial charge in [-0.1, -0.05) is 54.9 Å². The minimum absolute atomic E-state index is 0.0238. The molecule has 2 amide bonds. The van der Waals surface area contributed by atoms with Crippen molar-refractivity contribution in [2.24, 2.45) is 0 Å². The fourth-order valence-electron chi connectivity index (χ4n) is 3.06. The van der Waals surface area contributed by atoms with Crippen LogP contribution in [0.5, 0.6) is 0 Å². The summed E-state index contributed by atoms with van der Waals surface area (Å²) >= 11 is 6.09. The maximum absolute atomic E-state index is 12.7. The molecular formula is C19H19ClN2O2. The van der Waals surface area contributed by atoms with Gasteiger partial charge in [0.1, 0.15) is 6.54 Å². The summed E-state index contributed by atoms with van der Waals surface area (Å²) in [4.78, 5) is 26.6. The number of halogens is 1. The van der Waals surface area contributed by atoms with Crippen LogP contribution in [-0.2, 0) is 9.59 Å². The molecule has 1 heterocycles. The van der Waals surface area contributed by atoms with Gasteiger partial charge in [-0.15, -0.1) is 0 Å². The lowest BCUT2D eigenvalue weighted by atomic mass is 9.95. The number of nitrogens with one attached hydrogen (secondary N) is 1. The second-order valence-electron chi connectivity index (χ2n) is 5.86. The van der Waals surface area contributed by atoms with Gasteiger partial charge in [-0.25, -0.2) is 0 Å². The van der Waals surface area contributed by atoms with E-state index in [1.807, 2.05) is 43.3 Å². The molecule has 24 heavy (non-hydrogen) atoms. The first-order valence-corrected chi connectivity index (χ1v) is 8.41. The van der Waals surface area contributed by atoms with Crippen molar-refractivity contribution in [2.75, 3.05) is 11.9 Å². The van der Waals surface area contributed by atoms with E-state index in [2.05, 4.69) is 5.32 Å². The average Bonchev–Trinajstić information content (AvgIpc) is 2.71. The van der Waals surface area contributed by atoms with Gasteiger partial charge < -0.3 is 10.2 Å². The topological polar surface area (TPSA) is 49.4 Å². The summed E-state index contributed by atoms with van der Waals surface area (Å²) in [6.07, 6.45) is 1.16. The molecule has 1 aliphatic heterocycles. The van der Waals surface area contributed by atoms with Crippen molar-refractivity contribution in [3.8, 4) is 0 Å². The number of hydrogen-bond acceptors (Lipinski definition) is 2. The average molecular weight is 343 g/mol. The van der Waals surface area contributed by atoms with Gasteiger partial charge >= 0.3 is 0 Å². The normalized spacial score (nSPS) is 17.0. The van der Waals surface area contributed by atoms with Crippen LogP contribution in [0.4, 0.5) is 5.69 Å². The molecule has 1 aliphatic rings. The molecule has 0 aromatic heterocycles. The van der Waals surface area contributed by atoms with Crippen molar-refractivity contribution in [1.29, 1.82) is 0 Å². The number of carbonyl (C=O) groups excluding carboxylic acids is 2. The van der Waals surface area contributed by atoms with E-state index >= 15 is 0 Å². The summed E-state index contributed by atoms with van der Waals surface area (Å²) in [5.74, 6) is -0.231. The predicted octanol–water partition coefficient (Wildman–Crippen LogP) is 4.01. The first-order valence-electron chi connectivity index (χ1n) is 8.04. The van der Waals surface area contributed by atoms with E-state index < -0.39 is 0 Å². The molecule has 0 unspecified atom stereocenters. The summed E-state index contributed by atoms with van der Waals surface area (Å²) in [7, 11) is 0. The zero-order valence-corrected chi connectivity index (χ0v) is 14.2. The Hall–Kier alpha value is -2.33. The van der Waals surface area contributed by atoms with Crippen LogP contribution >= 0.6 is 11.6 Å². The number of hydrogen-bond donors (Lipinski definition) is 1. The standard InChI is InChI=1S/C19H19ClN2O2/c1-2-6-18(24)22-12-17(23)21-16-11-14(20)9-10-15(16)19(22)13-7-4-3-5-8-13/h3-5,7-11,19H,2,6,12H2,1H3,(H,21,23)/t19-/m1/s1. The van der Waals surface area contributed by atoms with E-state index in [1.165, 1.54) is 0 Å². The second kappa shape index (κ2) is 7.05. The van der Waals surface area contributed by atoms with Gasteiger partial charge in [0.15, 0.2) is 0 Å². The van der Waals surface area contributed by atoms with Gasteiger partial charge in [-0.2, -0.15) is 0 Å². The van der Waals surface area contributed by atoms with Gasteiger partial charge in [0, 0.05) is 22.7 Å². The third kappa shape index (κ3) is 3.29. The van der Waals surface area contributed by atoms with Crippen molar-refractivity contribution >= 4 is 29.1 Å². The fourth-order valence-corrected chi connectivity index (χ4v) is 3.24. The molecule has 0 spiro atoms. The lowest BCUT2D eigenvalue weighted by Crippen LogP contribution is -2.38. The van der Waals surface area contributed by atoms with Crippen LogP contribution in [0, 0.1) is 0 Å². The Bertz CT molecular complexity index is 761. The highest BCUT2D eigenvalue weighted by atomic mass is 35.5. The summed E-state index contributed by atoms with van der Waals surface area (Å²) < 4.78 is 0. The zero-order chi connectivity index (χ0) is 17.1. The van der Waals surface area contributed by atoms with E-state index in [0.717, 1.165) is 17.5 Å². The van der Waals surface area contributed by atoms with Gasteiger partial charge in [0.2, 0.25) is 11.8 Å². The van der Waals surface area contributed by atoms with Gasteiger partial charge in [0.05, 0.1) is 6.04 Å². The Labute approximate surface area is 146 Å². The summed E-state index contributed by atoms with van der Waals surface area (Å²) in [5, 5.41) is 3.42. The molecule has 2 aromatic rings. The molecule has 124 valence electrons. The second-order valence-corrected chi connectivity index (χ2v) is 6.30. The van der Waals surface area contributed by atoms with E-state index in [9.17, 15) is 9.59 Å². The fraction of sp³-hybridized carbons (Fsp3) is 0.263. The zero-order valence-electron chi connectivity index (χ0n) is 13.5.